The van der Waals surface area contributed by atoms with Gasteiger partial charge in [-0.05, 0) is 57.5 Å². The molecule has 0 aliphatic heterocycles. The summed E-state index contributed by atoms with van der Waals surface area (Å²) < 4.78 is 0. The first-order chi connectivity index (χ1) is 11.7. The first-order valence-electron chi connectivity index (χ1n) is 8.09. The molecule has 2 aromatic carbocycles. The molecule has 0 fully saturated rings. The lowest BCUT2D eigenvalue weighted by molar-refractivity contribution is 0.0358. The normalized spacial score (nSPS) is 11.1. The van der Waals surface area contributed by atoms with Crippen molar-refractivity contribution in [2.24, 2.45) is 0 Å². The number of carbonyl (C=O) groups excluding carboxylic acids is 2. The van der Waals surface area contributed by atoms with E-state index in [1.807, 2.05) is 45.9 Å². The first-order valence-corrected chi connectivity index (χ1v) is 8.63. The molecule has 0 saturated carbocycles. The molecule has 0 spiro atoms. The molecular formula is C20H23ClN2O2. The number of carbonyl (C=O) groups is 2. The van der Waals surface area contributed by atoms with Crippen molar-refractivity contribution < 1.29 is 9.59 Å². The lowest BCUT2D eigenvalue weighted by atomic mass is 10.1. The molecule has 0 saturated heterocycles. The second kappa shape index (κ2) is 7.70. The fourth-order valence-electron chi connectivity index (χ4n) is 2.39. The van der Waals surface area contributed by atoms with Crippen molar-refractivity contribution in [3.05, 3.63) is 70.8 Å². The van der Waals surface area contributed by atoms with Crippen molar-refractivity contribution in [3.63, 3.8) is 0 Å². The zero-order valence-corrected chi connectivity index (χ0v) is 15.7. The second-order valence-electron chi connectivity index (χ2n) is 6.96. The number of nitrogens with one attached hydrogen (secondary N) is 1. The molecule has 0 heterocycles. The standard InChI is InChI=1S/C20H23ClN2O2/c1-14-7-5-10-17(11-14)19(25)23(20(2,3)4)22-18(24)16-9-6-8-15(12-16)13-21/h5-12H,13H2,1-4H3,(H,22,24). The minimum atomic E-state index is -0.583. The molecule has 2 rings (SSSR count). The number of nitrogens with zero attached hydrogens (tertiary/aromatic N) is 1. The number of rotatable bonds is 3. The van der Waals surface area contributed by atoms with Crippen LogP contribution >= 0.6 is 11.6 Å². The van der Waals surface area contributed by atoms with E-state index in [2.05, 4.69) is 5.43 Å². The second-order valence-corrected chi connectivity index (χ2v) is 7.22. The number of alkyl halides is 1. The molecule has 4 nitrogen and oxygen atoms in total. The Hall–Kier alpha value is -2.33. The highest BCUT2D eigenvalue weighted by Gasteiger charge is 2.29. The maximum Gasteiger partial charge on any atom is 0.272 e. The molecule has 25 heavy (non-hydrogen) atoms. The van der Waals surface area contributed by atoms with Crippen molar-refractivity contribution in [1.29, 1.82) is 0 Å². The van der Waals surface area contributed by atoms with E-state index in [0.29, 0.717) is 17.0 Å². The Morgan fingerprint density at radius 3 is 2.28 bits per heavy atom. The van der Waals surface area contributed by atoms with Crippen LogP contribution in [0.3, 0.4) is 0 Å². The van der Waals surface area contributed by atoms with Gasteiger partial charge >= 0.3 is 0 Å². The Morgan fingerprint density at radius 2 is 1.68 bits per heavy atom. The van der Waals surface area contributed by atoms with Crippen molar-refractivity contribution in [1.82, 2.24) is 10.4 Å². The summed E-state index contributed by atoms with van der Waals surface area (Å²) in [6.45, 7) is 7.54. The summed E-state index contributed by atoms with van der Waals surface area (Å²) in [6, 6.07) is 14.3. The highest BCUT2D eigenvalue weighted by molar-refractivity contribution is 6.17. The summed E-state index contributed by atoms with van der Waals surface area (Å²) in [7, 11) is 0. The van der Waals surface area contributed by atoms with Crippen LogP contribution in [-0.4, -0.2) is 22.4 Å². The Morgan fingerprint density at radius 1 is 1.04 bits per heavy atom. The van der Waals surface area contributed by atoms with Crippen LogP contribution in [0.2, 0.25) is 0 Å². The Labute approximate surface area is 153 Å². The van der Waals surface area contributed by atoms with Crippen LogP contribution in [0.15, 0.2) is 48.5 Å². The highest BCUT2D eigenvalue weighted by atomic mass is 35.5. The van der Waals surface area contributed by atoms with E-state index < -0.39 is 5.54 Å². The third-order valence-electron chi connectivity index (χ3n) is 3.70. The number of hydrazine groups is 1. The summed E-state index contributed by atoms with van der Waals surface area (Å²) >= 11 is 5.83. The largest absolute Gasteiger partial charge is 0.272 e. The topological polar surface area (TPSA) is 49.4 Å². The lowest BCUT2D eigenvalue weighted by Crippen LogP contribution is -2.55. The van der Waals surface area contributed by atoms with Crippen molar-refractivity contribution >= 4 is 23.4 Å². The number of halogens is 1. The molecule has 132 valence electrons. The third kappa shape index (κ3) is 4.83. The molecule has 0 aromatic heterocycles. The number of amides is 2. The van der Waals surface area contributed by atoms with E-state index in [9.17, 15) is 9.59 Å². The zero-order chi connectivity index (χ0) is 18.6. The molecule has 0 aliphatic rings. The van der Waals surface area contributed by atoms with Crippen LogP contribution in [0.5, 0.6) is 0 Å². The summed E-state index contributed by atoms with van der Waals surface area (Å²) in [5.74, 6) is -0.271. The molecule has 0 atom stereocenters. The van der Waals surface area contributed by atoms with E-state index in [-0.39, 0.29) is 11.8 Å². The van der Waals surface area contributed by atoms with Gasteiger partial charge in [0.15, 0.2) is 0 Å². The zero-order valence-electron chi connectivity index (χ0n) is 15.0. The van der Waals surface area contributed by atoms with Crippen LogP contribution in [0.4, 0.5) is 0 Å². The molecular weight excluding hydrogens is 336 g/mol. The smallest absolute Gasteiger partial charge is 0.267 e. The van der Waals surface area contributed by atoms with Gasteiger partial charge in [0.05, 0.1) is 5.54 Å². The van der Waals surface area contributed by atoms with Crippen LogP contribution in [-0.2, 0) is 5.88 Å². The van der Waals surface area contributed by atoms with Gasteiger partial charge in [0.1, 0.15) is 0 Å². The van der Waals surface area contributed by atoms with Gasteiger partial charge in [-0.25, -0.2) is 5.01 Å². The van der Waals surface area contributed by atoms with Crippen molar-refractivity contribution in [3.8, 4) is 0 Å². The predicted octanol–water partition coefficient (Wildman–Crippen LogP) is 4.32. The summed E-state index contributed by atoms with van der Waals surface area (Å²) in [6.07, 6.45) is 0. The van der Waals surface area contributed by atoms with Gasteiger partial charge in [-0.15, -0.1) is 11.6 Å². The predicted molar refractivity (Wildman–Crippen MR) is 101 cm³/mol. The van der Waals surface area contributed by atoms with Gasteiger partial charge in [0, 0.05) is 17.0 Å². The Kier molecular flexibility index (Phi) is 5.85. The molecule has 5 heteroatoms. The quantitative estimate of drug-likeness (QED) is 0.656. The van der Waals surface area contributed by atoms with E-state index in [0.717, 1.165) is 11.1 Å². The molecule has 0 aliphatic carbocycles. The number of hydrogen-bond acceptors (Lipinski definition) is 2. The highest BCUT2D eigenvalue weighted by Crippen LogP contribution is 2.17. The third-order valence-corrected chi connectivity index (χ3v) is 4.00. The number of aryl methyl sites for hydroxylation is 1. The summed E-state index contributed by atoms with van der Waals surface area (Å²) in [5, 5.41) is 1.37. The van der Waals surface area contributed by atoms with Crippen LogP contribution in [0, 0.1) is 6.92 Å². The molecule has 1 N–H and O–H groups in total. The monoisotopic (exact) mass is 358 g/mol. The molecule has 0 unspecified atom stereocenters. The first kappa shape index (κ1) is 19.0. The van der Waals surface area contributed by atoms with Crippen molar-refractivity contribution in [2.45, 2.75) is 39.1 Å². The molecule has 0 bridgehead atoms. The van der Waals surface area contributed by atoms with Crippen LogP contribution in [0.25, 0.3) is 0 Å². The van der Waals surface area contributed by atoms with E-state index in [1.165, 1.54) is 5.01 Å². The van der Waals surface area contributed by atoms with Gasteiger partial charge in [-0.1, -0.05) is 29.8 Å². The average Bonchev–Trinajstić information content (AvgIpc) is 2.58. The van der Waals surface area contributed by atoms with E-state index in [4.69, 9.17) is 11.6 Å². The lowest BCUT2D eigenvalue weighted by Gasteiger charge is -2.35. The fourth-order valence-corrected chi connectivity index (χ4v) is 2.56. The minimum Gasteiger partial charge on any atom is -0.267 e. The fraction of sp³-hybridized carbons (Fsp3) is 0.300. The van der Waals surface area contributed by atoms with Gasteiger partial charge in [0.2, 0.25) is 0 Å². The average molecular weight is 359 g/mol. The maximum atomic E-state index is 12.9. The van der Waals surface area contributed by atoms with Gasteiger partial charge in [-0.2, -0.15) is 0 Å². The van der Waals surface area contributed by atoms with Gasteiger partial charge < -0.3 is 0 Å². The molecule has 0 radical (unpaired) electrons. The number of hydrogen-bond donors (Lipinski definition) is 1. The molecule has 2 aromatic rings. The SMILES string of the molecule is Cc1cccc(C(=O)N(NC(=O)c2cccc(CCl)c2)C(C)(C)C)c1. The van der Waals surface area contributed by atoms with Gasteiger partial charge in [-0.3, -0.25) is 15.0 Å². The van der Waals surface area contributed by atoms with E-state index in [1.54, 1.807) is 30.3 Å². The van der Waals surface area contributed by atoms with Crippen molar-refractivity contribution in [2.75, 3.05) is 0 Å². The molecule has 2 amide bonds. The van der Waals surface area contributed by atoms with Crippen LogP contribution < -0.4 is 5.43 Å². The Balaban J connectivity index is 2.29. The number of benzene rings is 2. The minimum absolute atomic E-state index is 0.252. The maximum absolute atomic E-state index is 12.9. The summed E-state index contributed by atoms with van der Waals surface area (Å²) in [4.78, 5) is 25.5. The van der Waals surface area contributed by atoms with Crippen LogP contribution in [0.1, 0.15) is 52.6 Å². The van der Waals surface area contributed by atoms with E-state index >= 15 is 0 Å². The van der Waals surface area contributed by atoms with Gasteiger partial charge in [0.25, 0.3) is 11.8 Å². The summed E-state index contributed by atoms with van der Waals surface area (Å²) in [5.41, 5.74) is 4.99. The Bertz CT molecular complexity index is 781.